The molecule has 1 saturated heterocycles. The molecular weight excluding hydrogens is 328 g/mol. The van der Waals surface area contributed by atoms with E-state index in [-0.39, 0.29) is 17.9 Å². The van der Waals surface area contributed by atoms with Crippen LogP contribution in [-0.2, 0) is 10.2 Å². The van der Waals surface area contributed by atoms with Crippen molar-refractivity contribution in [3.8, 4) is 0 Å². The summed E-state index contributed by atoms with van der Waals surface area (Å²) in [7, 11) is 0. The van der Waals surface area contributed by atoms with E-state index in [1.807, 2.05) is 29.2 Å². The van der Waals surface area contributed by atoms with E-state index >= 15 is 0 Å². The number of hydrogen-bond acceptors (Lipinski definition) is 4. The molecule has 2 aliphatic rings. The summed E-state index contributed by atoms with van der Waals surface area (Å²) in [5.74, 6) is 0.293. The van der Waals surface area contributed by atoms with E-state index in [1.165, 1.54) is 6.20 Å². The van der Waals surface area contributed by atoms with Gasteiger partial charge in [0.1, 0.15) is 5.82 Å². The topological polar surface area (TPSA) is 88.3 Å². The predicted octanol–water partition coefficient (Wildman–Crippen LogP) is 2.57. The van der Waals surface area contributed by atoms with Crippen molar-refractivity contribution in [3.63, 3.8) is 0 Å². The van der Waals surface area contributed by atoms with Crippen LogP contribution in [0.2, 0.25) is 0 Å². The lowest BCUT2D eigenvalue weighted by molar-refractivity contribution is -0.121. The Morgan fingerprint density at radius 2 is 2.15 bits per heavy atom. The number of hydrogen-bond donors (Lipinski definition) is 2. The molecule has 6 heteroatoms. The van der Waals surface area contributed by atoms with Crippen molar-refractivity contribution in [2.24, 2.45) is 0 Å². The summed E-state index contributed by atoms with van der Waals surface area (Å²) >= 11 is 0. The van der Waals surface area contributed by atoms with Crippen LogP contribution in [0.15, 0.2) is 42.6 Å². The number of anilines is 2. The lowest BCUT2D eigenvalue weighted by atomic mass is 9.73. The van der Waals surface area contributed by atoms with Crippen LogP contribution >= 0.6 is 0 Å². The van der Waals surface area contributed by atoms with E-state index in [2.05, 4.69) is 17.2 Å². The summed E-state index contributed by atoms with van der Waals surface area (Å²) in [4.78, 5) is 32.0. The molecule has 134 valence electrons. The van der Waals surface area contributed by atoms with Gasteiger partial charge in [0.05, 0.1) is 17.0 Å². The number of carbonyl (C=O) groups is 2. The quantitative estimate of drug-likeness (QED) is 0.890. The summed E-state index contributed by atoms with van der Waals surface area (Å²) in [5.41, 5.74) is 7.34. The van der Waals surface area contributed by atoms with E-state index in [9.17, 15) is 9.59 Å². The first-order chi connectivity index (χ1) is 12.6. The van der Waals surface area contributed by atoms with Crippen LogP contribution in [0.4, 0.5) is 11.5 Å². The SMILES string of the molecule is CCC[C@@H]1N(C(=O)c2ccc(N)nc2)CC[C@]12C(=O)Nc1ccccc12. The molecule has 2 amide bonds. The molecule has 0 bridgehead atoms. The maximum Gasteiger partial charge on any atom is 0.255 e. The molecular formula is C20H22N4O2. The van der Waals surface area contributed by atoms with E-state index in [1.54, 1.807) is 12.1 Å². The third-order valence-electron chi connectivity index (χ3n) is 5.61. The number of amides is 2. The van der Waals surface area contributed by atoms with Crippen LogP contribution in [0.3, 0.4) is 0 Å². The number of likely N-dealkylation sites (tertiary alicyclic amines) is 1. The van der Waals surface area contributed by atoms with Crippen molar-refractivity contribution in [3.05, 3.63) is 53.7 Å². The number of carbonyl (C=O) groups excluding carboxylic acids is 2. The van der Waals surface area contributed by atoms with Gasteiger partial charge in [-0.05, 0) is 36.6 Å². The Hall–Kier alpha value is -2.89. The molecule has 2 aromatic rings. The van der Waals surface area contributed by atoms with Crippen LogP contribution < -0.4 is 11.1 Å². The van der Waals surface area contributed by atoms with Crippen molar-refractivity contribution >= 4 is 23.3 Å². The van der Waals surface area contributed by atoms with Gasteiger partial charge >= 0.3 is 0 Å². The molecule has 6 nitrogen and oxygen atoms in total. The number of pyridine rings is 1. The van der Waals surface area contributed by atoms with Gasteiger partial charge in [-0.1, -0.05) is 31.5 Å². The number of fused-ring (bicyclic) bond motifs is 2. The zero-order valence-electron chi connectivity index (χ0n) is 14.7. The molecule has 4 rings (SSSR count). The van der Waals surface area contributed by atoms with Crippen LogP contribution in [-0.4, -0.2) is 34.3 Å². The minimum Gasteiger partial charge on any atom is -0.384 e. The number of para-hydroxylation sites is 1. The van der Waals surface area contributed by atoms with E-state index in [0.717, 1.165) is 24.1 Å². The second-order valence-electron chi connectivity index (χ2n) is 7.00. The zero-order valence-corrected chi connectivity index (χ0v) is 14.7. The fourth-order valence-corrected chi connectivity index (χ4v) is 4.42. The number of nitrogens with two attached hydrogens (primary N) is 1. The van der Waals surface area contributed by atoms with Crippen LogP contribution in [0.1, 0.15) is 42.1 Å². The summed E-state index contributed by atoms with van der Waals surface area (Å²) in [6.45, 7) is 2.63. The highest BCUT2D eigenvalue weighted by molar-refractivity contribution is 6.08. The molecule has 1 spiro atoms. The lowest BCUT2D eigenvalue weighted by Gasteiger charge is -2.34. The molecule has 2 aliphatic heterocycles. The lowest BCUT2D eigenvalue weighted by Crippen LogP contribution is -2.48. The van der Waals surface area contributed by atoms with Gasteiger partial charge in [-0.25, -0.2) is 4.98 Å². The Kier molecular flexibility index (Phi) is 3.90. The first-order valence-electron chi connectivity index (χ1n) is 9.01. The number of aromatic nitrogens is 1. The van der Waals surface area contributed by atoms with Crippen molar-refractivity contribution in [2.45, 2.75) is 37.6 Å². The Balaban J connectivity index is 1.74. The van der Waals surface area contributed by atoms with Gasteiger partial charge in [-0.2, -0.15) is 0 Å². The van der Waals surface area contributed by atoms with E-state index < -0.39 is 5.41 Å². The van der Waals surface area contributed by atoms with Crippen molar-refractivity contribution < 1.29 is 9.59 Å². The Morgan fingerprint density at radius 3 is 2.88 bits per heavy atom. The zero-order chi connectivity index (χ0) is 18.3. The molecule has 26 heavy (non-hydrogen) atoms. The maximum absolute atomic E-state index is 13.1. The molecule has 0 aliphatic carbocycles. The number of nitrogens with zero attached hydrogens (tertiary/aromatic N) is 2. The molecule has 3 N–H and O–H groups in total. The average Bonchev–Trinajstić information content (AvgIpc) is 3.16. The summed E-state index contributed by atoms with van der Waals surface area (Å²) in [6.07, 6.45) is 3.81. The van der Waals surface area contributed by atoms with Crippen LogP contribution in [0.5, 0.6) is 0 Å². The number of benzene rings is 1. The van der Waals surface area contributed by atoms with Crippen molar-refractivity contribution in [1.82, 2.24) is 9.88 Å². The monoisotopic (exact) mass is 350 g/mol. The smallest absolute Gasteiger partial charge is 0.255 e. The summed E-state index contributed by atoms with van der Waals surface area (Å²) in [6, 6.07) is 11.0. The summed E-state index contributed by atoms with van der Waals surface area (Å²) in [5, 5.41) is 3.02. The minimum absolute atomic E-state index is 0.00267. The third-order valence-corrected chi connectivity index (χ3v) is 5.61. The van der Waals surface area contributed by atoms with Gasteiger partial charge in [0.15, 0.2) is 0 Å². The molecule has 3 heterocycles. The molecule has 0 saturated carbocycles. The Labute approximate surface area is 152 Å². The maximum atomic E-state index is 13.1. The molecule has 2 atom stereocenters. The third kappa shape index (κ3) is 2.29. The fraction of sp³-hybridized carbons (Fsp3) is 0.350. The highest BCUT2D eigenvalue weighted by Crippen LogP contribution is 2.49. The van der Waals surface area contributed by atoms with Crippen LogP contribution in [0.25, 0.3) is 0 Å². The van der Waals surface area contributed by atoms with Gasteiger partial charge in [-0.3, -0.25) is 9.59 Å². The highest BCUT2D eigenvalue weighted by Gasteiger charge is 2.58. The van der Waals surface area contributed by atoms with Gasteiger partial charge in [0, 0.05) is 18.4 Å². The molecule has 1 aromatic carbocycles. The second kappa shape index (κ2) is 6.12. The second-order valence-corrected chi connectivity index (χ2v) is 7.00. The van der Waals surface area contributed by atoms with Gasteiger partial charge in [0.25, 0.3) is 5.91 Å². The van der Waals surface area contributed by atoms with Gasteiger partial charge < -0.3 is 16.0 Å². The first-order valence-corrected chi connectivity index (χ1v) is 9.01. The average molecular weight is 350 g/mol. The number of rotatable bonds is 3. The number of nitrogens with one attached hydrogen (secondary N) is 1. The molecule has 1 aromatic heterocycles. The predicted molar refractivity (Wildman–Crippen MR) is 99.7 cm³/mol. The van der Waals surface area contributed by atoms with Gasteiger partial charge in [0.2, 0.25) is 5.91 Å². The first kappa shape index (κ1) is 16.6. The Morgan fingerprint density at radius 1 is 1.35 bits per heavy atom. The van der Waals surface area contributed by atoms with E-state index in [0.29, 0.717) is 24.3 Å². The van der Waals surface area contributed by atoms with Crippen molar-refractivity contribution in [2.75, 3.05) is 17.6 Å². The standard InChI is InChI=1S/C20H22N4O2/c1-2-5-16-20(14-6-3-4-7-15(14)23-19(20)26)10-11-24(16)18(25)13-8-9-17(21)22-12-13/h3-4,6-9,12,16H,2,5,10-11H2,1H3,(H2,21,22)(H,23,26)/t16-,20+/m0/s1. The molecule has 0 unspecified atom stereocenters. The minimum atomic E-state index is -0.663. The van der Waals surface area contributed by atoms with Crippen LogP contribution in [0, 0.1) is 0 Å². The van der Waals surface area contributed by atoms with E-state index in [4.69, 9.17) is 5.73 Å². The normalized spacial score (nSPS) is 24.0. The number of nitrogen functional groups attached to an aromatic ring is 1. The largest absolute Gasteiger partial charge is 0.384 e. The Bertz CT molecular complexity index is 864. The molecule has 0 radical (unpaired) electrons. The van der Waals surface area contributed by atoms with Crippen molar-refractivity contribution in [1.29, 1.82) is 0 Å². The molecule has 1 fully saturated rings. The summed E-state index contributed by atoms with van der Waals surface area (Å²) < 4.78 is 0. The fourth-order valence-electron chi connectivity index (χ4n) is 4.42. The highest BCUT2D eigenvalue weighted by atomic mass is 16.2. The van der Waals surface area contributed by atoms with Gasteiger partial charge in [-0.15, -0.1) is 0 Å².